The lowest BCUT2D eigenvalue weighted by Crippen LogP contribution is -2.31. The van der Waals surface area contributed by atoms with Crippen molar-refractivity contribution < 1.29 is 8.42 Å². The molecule has 0 unspecified atom stereocenters. The van der Waals surface area contributed by atoms with Gasteiger partial charge in [-0.1, -0.05) is 35.9 Å². The Morgan fingerprint density at radius 3 is 2.04 bits per heavy atom. The van der Waals surface area contributed by atoms with Crippen molar-refractivity contribution in [1.82, 2.24) is 10.0 Å². The van der Waals surface area contributed by atoms with Gasteiger partial charge in [0.15, 0.2) is 0 Å². The molecule has 0 fully saturated rings. The second-order valence-electron chi connectivity index (χ2n) is 6.97. The molecule has 6 heteroatoms. The van der Waals surface area contributed by atoms with Crippen molar-refractivity contribution >= 4 is 21.6 Å². The minimum atomic E-state index is -3.29. The van der Waals surface area contributed by atoms with Crippen molar-refractivity contribution in [1.29, 1.82) is 0 Å². The van der Waals surface area contributed by atoms with E-state index < -0.39 is 10.0 Å². The Morgan fingerprint density at radius 1 is 0.962 bits per heavy atom. The fourth-order valence-electron chi connectivity index (χ4n) is 2.92. The molecule has 0 spiro atoms. The van der Waals surface area contributed by atoms with Gasteiger partial charge < -0.3 is 5.32 Å². The van der Waals surface area contributed by atoms with Gasteiger partial charge in [0, 0.05) is 24.2 Å². The molecule has 0 aliphatic carbocycles. The number of benzene rings is 2. The van der Waals surface area contributed by atoms with Gasteiger partial charge >= 0.3 is 0 Å². The summed E-state index contributed by atoms with van der Waals surface area (Å²) in [6, 6.07) is 11.5. The lowest BCUT2D eigenvalue weighted by molar-refractivity contribution is 0.569. The number of nitrogens with one attached hydrogen (secondary N) is 2. The minimum Gasteiger partial charge on any atom is -0.309 e. The van der Waals surface area contributed by atoms with Crippen LogP contribution in [0.4, 0.5) is 0 Å². The van der Waals surface area contributed by atoms with Gasteiger partial charge in [-0.2, -0.15) is 0 Å². The van der Waals surface area contributed by atoms with E-state index in [-0.39, 0.29) is 11.8 Å². The van der Waals surface area contributed by atoms with Crippen molar-refractivity contribution in [3.05, 3.63) is 69.2 Å². The van der Waals surface area contributed by atoms with Crippen LogP contribution in [0.3, 0.4) is 0 Å². The summed E-state index contributed by atoms with van der Waals surface area (Å²) in [6.45, 7) is 9.25. The van der Waals surface area contributed by atoms with Gasteiger partial charge in [0.05, 0.1) is 5.75 Å². The summed E-state index contributed by atoms with van der Waals surface area (Å²) in [5.74, 6) is 0.00204. The number of rotatable bonds is 8. The molecule has 0 saturated carbocycles. The van der Waals surface area contributed by atoms with E-state index in [0.29, 0.717) is 0 Å². The molecule has 142 valence electrons. The van der Waals surface area contributed by atoms with Crippen LogP contribution in [0.25, 0.3) is 0 Å². The Kier molecular flexibility index (Phi) is 7.24. The average Bonchev–Trinajstić information content (AvgIpc) is 2.49. The highest BCUT2D eigenvalue weighted by Crippen LogP contribution is 2.20. The molecule has 0 saturated heterocycles. The van der Waals surface area contributed by atoms with E-state index in [1.54, 1.807) is 0 Å². The summed E-state index contributed by atoms with van der Waals surface area (Å²) in [7, 11) is -3.29. The second-order valence-corrected chi connectivity index (χ2v) is 9.16. The van der Waals surface area contributed by atoms with E-state index in [0.717, 1.165) is 29.2 Å². The van der Waals surface area contributed by atoms with Crippen molar-refractivity contribution in [2.75, 3.05) is 0 Å². The fourth-order valence-corrected chi connectivity index (χ4v) is 4.68. The van der Waals surface area contributed by atoms with Crippen LogP contribution in [0.1, 0.15) is 41.7 Å². The molecular formula is C20H27ClN2O2S. The highest BCUT2D eigenvalue weighted by atomic mass is 35.5. The summed E-state index contributed by atoms with van der Waals surface area (Å²) < 4.78 is 26.6. The molecule has 0 heterocycles. The summed E-state index contributed by atoms with van der Waals surface area (Å²) in [6.07, 6.45) is 0. The number of hydrogen-bond donors (Lipinski definition) is 2. The molecule has 2 rings (SSSR count). The van der Waals surface area contributed by atoms with Gasteiger partial charge in [0.2, 0.25) is 10.0 Å². The molecule has 0 radical (unpaired) electrons. The van der Waals surface area contributed by atoms with Gasteiger partial charge in [-0.25, -0.2) is 13.1 Å². The molecule has 4 nitrogen and oxygen atoms in total. The highest BCUT2D eigenvalue weighted by Gasteiger charge is 2.12. The zero-order chi connectivity index (χ0) is 19.3. The minimum absolute atomic E-state index is 0.00204. The summed E-state index contributed by atoms with van der Waals surface area (Å²) in [5.41, 5.74) is 5.52. The highest BCUT2D eigenvalue weighted by molar-refractivity contribution is 7.88. The topological polar surface area (TPSA) is 58.2 Å². The van der Waals surface area contributed by atoms with Crippen LogP contribution in [-0.4, -0.2) is 14.5 Å². The molecule has 2 N–H and O–H groups in total. The van der Waals surface area contributed by atoms with Crippen LogP contribution in [-0.2, 0) is 28.9 Å². The van der Waals surface area contributed by atoms with Crippen LogP contribution >= 0.6 is 11.6 Å². The molecule has 0 atom stereocenters. The monoisotopic (exact) mass is 394 g/mol. The van der Waals surface area contributed by atoms with Crippen molar-refractivity contribution in [3.63, 3.8) is 0 Å². The van der Waals surface area contributed by atoms with Crippen molar-refractivity contribution in [2.24, 2.45) is 0 Å². The lowest BCUT2D eigenvalue weighted by atomic mass is 10.0. The second kappa shape index (κ2) is 9.00. The Morgan fingerprint density at radius 2 is 1.50 bits per heavy atom. The van der Waals surface area contributed by atoms with Gasteiger partial charge in [-0.05, 0) is 67.6 Å². The quantitative estimate of drug-likeness (QED) is 0.709. The summed E-state index contributed by atoms with van der Waals surface area (Å²) in [5, 5.41) is 4.20. The molecule has 0 bridgehead atoms. The third kappa shape index (κ3) is 6.40. The lowest BCUT2D eigenvalue weighted by Gasteiger charge is -2.12. The molecule has 0 amide bonds. The zero-order valence-electron chi connectivity index (χ0n) is 15.8. The maximum atomic E-state index is 12.0. The largest absolute Gasteiger partial charge is 0.309 e. The normalized spacial score (nSPS) is 11.9. The SMILES string of the molecule is Cc1cc(Cl)cc(C)c1CNCc1ccc(CS(=O)(=O)NC(C)C)cc1. The van der Waals surface area contributed by atoms with Crippen LogP contribution in [0, 0.1) is 13.8 Å². The van der Waals surface area contributed by atoms with E-state index in [1.165, 1.54) is 16.7 Å². The number of hydrogen-bond acceptors (Lipinski definition) is 3. The predicted molar refractivity (Wildman–Crippen MR) is 109 cm³/mol. The van der Waals surface area contributed by atoms with E-state index in [1.807, 2.05) is 50.2 Å². The van der Waals surface area contributed by atoms with Gasteiger partial charge in [0.1, 0.15) is 0 Å². The average molecular weight is 395 g/mol. The first-order chi connectivity index (χ1) is 12.2. The van der Waals surface area contributed by atoms with E-state index in [2.05, 4.69) is 23.9 Å². The van der Waals surface area contributed by atoms with Crippen molar-refractivity contribution in [2.45, 2.75) is 52.6 Å². The van der Waals surface area contributed by atoms with Crippen LogP contribution in [0.15, 0.2) is 36.4 Å². The number of aryl methyl sites for hydroxylation is 2. The third-order valence-electron chi connectivity index (χ3n) is 4.09. The first-order valence-electron chi connectivity index (χ1n) is 8.70. The Labute approximate surface area is 162 Å². The van der Waals surface area contributed by atoms with E-state index >= 15 is 0 Å². The van der Waals surface area contributed by atoms with Crippen molar-refractivity contribution in [3.8, 4) is 0 Å². The van der Waals surface area contributed by atoms with Crippen LogP contribution < -0.4 is 10.0 Å². The number of halogens is 1. The van der Waals surface area contributed by atoms with Crippen LogP contribution in [0.5, 0.6) is 0 Å². The summed E-state index contributed by atoms with van der Waals surface area (Å²) >= 11 is 6.07. The molecule has 0 aliphatic heterocycles. The molecule has 0 aromatic heterocycles. The Bertz CT molecular complexity index is 824. The van der Waals surface area contributed by atoms with Gasteiger partial charge in [-0.15, -0.1) is 0 Å². The molecule has 26 heavy (non-hydrogen) atoms. The third-order valence-corrected chi connectivity index (χ3v) is 5.85. The molecular weight excluding hydrogens is 368 g/mol. The Hall–Kier alpha value is -1.40. The zero-order valence-corrected chi connectivity index (χ0v) is 17.3. The van der Waals surface area contributed by atoms with Gasteiger partial charge in [-0.3, -0.25) is 0 Å². The standard InChI is InChI=1S/C20H27ClN2O2S/c1-14(2)23-26(24,25)13-18-7-5-17(6-8-18)11-22-12-20-15(3)9-19(21)10-16(20)4/h5-10,14,22-23H,11-13H2,1-4H3. The van der Waals surface area contributed by atoms with E-state index in [4.69, 9.17) is 11.6 Å². The first kappa shape index (κ1) is 20.9. The smallest absolute Gasteiger partial charge is 0.216 e. The van der Waals surface area contributed by atoms with E-state index in [9.17, 15) is 8.42 Å². The number of sulfonamides is 1. The Balaban J connectivity index is 1.92. The van der Waals surface area contributed by atoms with Gasteiger partial charge in [0.25, 0.3) is 0 Å². The summed E-state index contributed by atoms with van der Waals surface area (Å²) in [4.78, 5) is 0. The molecule has 2 aromatic rings. The molecule has 2 aromatic carbocycles. The maximum absolute atomic E-state index is 12.0. The fraction of sp³-hybridized carbons (Fsp3) is 0.400. The van der Waals surface area contributed by atoms with Crippen LogP contribution in [0.2, 0.25) is 5.02 Å². The predicted octanol–water partition coefficient (Wildman–Crippen LogP) is 4.07. The maximum Gasteiger partial charge on any atom is 0.216 e. The first-order valence-corrected chi connectivity index (χ1v) is 10.7. The molecule has 0 aliphatic rings.